The van der Waals surface area contributed by atoms with Crippen LogP contribution in [0, 0.1) is 5.92 Å². The lowest BCUT2D eigenvalue weighted by Gasteiger charge is -2.26. The molecule has 0 spiro atoms. The molecular formula is C14H22N2O. The average Bonchev–Trinajstić information content (AvgIpc) is 2.12. The molecule has 3 nitrogen and oxygen atoms in total. The van der Waals surface area contributed by atoms with Gasteiger partial charge in [-0.3, -0.25) is 0 Å². The number of ether oxygens (including phenoxy) is 1. The van der Waals surface area contributed by atoms with Crippen LogP contribution in [0.4, 0.5) is 11.4 Å². The molecule has 0 aliphatic heterocycles. The van der Waals surface area contributed by atoms with Crippen molar-refractivity contribution >= 4 is 11.4 Å². The molecule has 0 saturated heterocycles. The molecule has 0 radical (unpaired) electrons. The molecule has 1 aromatic rings. The molecule has 3 N–H and O–H groups in total. The Morgan fingerprint density at radius 1 is 1.35 bits per heavy atom. The zero-order valence-electron chi connectivity index (χ0n) is 10.7. The molecular weight excluding hydrogens is 212 g/mol. The van der Waals surface area contributed by atoms with Crippen molar-refractivity contribution in [1.29, 1.82) is 0 Å². The highest BCUT2D eigenvalue weighted by Crippen LogP contribution is 2.28. The molecule has 1 fully saturated rings. The van der Waals surface area contributed by atoms with E-state index in [4.69, 9.17) is 10.5 Å². The topological polar surface area (TPSA) is 47.3 Å². The van der Waals surface area contributed by atoms with Crippen LogP contribution in [0.1, 0.15) is 33.1 Å². The van der Waals surface area contributed by atoms with E-state index in [9.17, 15) is 0 Å². The molecule has 0 unspecified atom stereocenters. The van der Waals surface area contributed by atoms with Gasteiger partial charge in [-0.2, -0.15) is 0 Å². The smallest absolute Gasteiger partial charge is 0.123 e. The zero-order chi connectivity index (χ0) is 12.3. The van der Waals surface area contributed by atoms with E-state index >= 15 is 0 Å². The van der Waals surface area contributed by atoms with E-state index < -0.39 is 0 Å². The summed E-state index contributed by atoms with van der Waals surface area (Å²) in [5, 5.41) is 3.44. The molecule has 0 amide bonds. The van der Waals surface area contributed by atoms with Crippen molar-refractivity contribution in [3.8, 4) is 5.75 Å². The second kappa shape index (κ2) is 5.30. The van der Waals surface area contributed by atoms with Crippen LogP contribution in [0.3, 0.4) is 0 Å². The summed E-state index contributed by atoms with van der Waals surface area (Å²) in [6.45, 7) is 5.08. The Kier molecular flexibility index (Phi) is 3.77. The third-order valence-corrected chi connectivity index (χ3v) is 3.12. The lowest BCUT2D eigenvalue weighted by Crippen LogP contribution is -2.20. The number of benzene rings is 1. The molecule has 1 aliphatic rings. The third-order valence-electron chi connectivity index (χ3n) is 3.12. The van der Waals surface area contributed by atoms with Crippen molar-refractivity contribution in [3.05, 3.63) is 18.2 Å². The summed E-state index contributed by atoms with van der Waals surface area (Å²) in [6, 6.07) is 5.86. The van der Waals surface area contributed by atoms with Crippen LogP contribution in [0.2, 0.25) is 0 Å². The predicted octanol–water partition coefficient (Wildman–Crippen LogP) is 3.27. The highest BCUT2D eigenvalue weighted by molar-refractivity contribution is 5.59. The first kappa shape index (κ1) is 12.1. The van der Waals surface area contributed by atoms with Gasteiger partial charge in [0.2, 0.25) is 0 Å². The summed E-state index contributed by atoms with van der Waals surface area (Å²) in [5.74, 6) is 1.68. The van der Waals surface area contributed by atoms with Gasteiger partial charge in [0.1, 0.15) is 5.75 Å². The molecule has 94 valence electrons. The normalized spacial score (nSPS) is 15.7. The summed E-state index contributed by atoms with van der Waals surface area (Å²) < 4.78 is 5.66. The van der Waals surface area contributed by atoms with Crippen LogP contribution >= 0.6 is 0 Å². The Morgan fingerprint density at radius 2 is 2.12 bits per heavy atom. The number of hydrogen-bond donors (Lipinski definition) is 2. The first-order chi connectivity index (χ1) is 8.13. The molecule has 0 atom stereocenters. The van der Waals surface area contributed by atoms with Gasteiger partial charge in [0.05, 0.1) is 6.10 Å². The first-order valence-electron chi connectivity index (χ1n) is 6.44. The van der Waals surface area contributed by atoms with E-state index in [1.54, 1.807) is 0 Å². The summed E-state index contributed by atoms with van der Waals surface area (Å²) in [7, 11) is 0. The van der Waals surface area contributed by atoms with Crippen LogP contribution in [0.5, 0.6) is 5.75 Å². The van der Waals surface area contributed by atoms with E-state index in [-0.39, 0.29) is 6.10 Å². The summed E-state index contributed by atoms with van der Waals surface area (Å²) in [6.07, 6.45) is 4.26. The fraction of sp³-hybridized carbons (Fsp3) is 0.571. The monoisotopic (exact) mass is 234 g/mol. The second-order valence-corrected chi connectivity index (χ2v) is 5.14. The Balaban J connectivity index is 1.97. The van der Waals surface area contributed by atoms with Crippen LogP contribution in [0.15, 0.2) is 18.2 Å². The Morgan fingerprint density at radius 3 is 2.71 bits per heavy atom. The van der Waals surface area contributed by atoms with E-state index in [1.165, 1.54) is 19.3 Å². The highest BCUT2D eigenvalue weighted by Gasteiger charge is 2.16. The molecule has 2 rings (SSSR count). The van der Waals surface area contributed by atoms with Crippen LogP contribution in [0.25, 0.3) is 0 Å². The number of rotatable bonds is 5. The molecule has 3 heteroatoms. The van der Waals surface area contributed by atoms with Crippen molar-refractivity contribution in [1.82, 2.24) is 0 Å². The Bertz CT molecular complexity index is 372. The number of nitrogens with one attached hydrogen (secondary N) is 1. The lowest BCUT2D eigenvalue weighted by molar-refractivity contribution is 0.242. The number of nitrogen functional groups attached to an aromatic ring is 1. The minimum atomic E-state index is 0.177. The molecule has 0 aromatic heterocycles. The fourth-order valence-electron chi connectivity index (χ4n) is 2.02. The summed E-state index contributed by atoms with van der Waals surface area (Å²) in [5.41, 5.74) is 7.68. The van der Waals surface area contributed by atoms with Gasteiger partial charge < -0.3 is 15.8 Å². The van der Waals surface area contributed by atoms with Crippen molar-refractivity contribution in [3.63, 3.8) is 0 Å². The van der Waals surface area contributed by atoms with E-state index in [1.807, 2.05) is 32.0 Å². The minimum Gasteiger partial charge on any atom is -0.491 e. The highest BCUT2D eigenvalue weighted by atomic mass is 16.5. The van der Waals surface area contributed by atoms with Crippen LogP contribution < -0.4 is 15.8 Å². The van der Waals surface area contributed by atoms with Gasteiger partial charge in [0.15, 0.2) is 0 Å². The van der Waals surface area contributed by atoms with Gasteiger partial charge in [-0.25, -0.2) is 0 Å². The Labute approximate surface area is 103 Å². The third kappa shape index (κ3) is 3.55. The second-order valence-electron chi connectivity index (χ2n) is 5.14. The molecule has 1 saturated carbocycles. The predicted molar refractivity (Wildman–Crippen MR) is 72.4 cm³/mol. The Hall–Kier alpha value is -1.38. The van der Waals surface area contributed by atoms with E-state index in [0.29, 0.717) is 0 Å². The summed E-state index contributed by atoms with van der Waals surface area (Å²) >= 11 is 0. The molecule has 0 bridgehead atoms. The van der Waals surface area contributed by atoms with Gasteiger partial charge in [0.25, 0.3) is 0 Å². The van der Waals surface area contributed by atoms with Crippen molar-refractivity contribution in [2.75, 3.05) is 17.6 Å². The van der Waals surface area contributed by atoms with Crippen LogP contribution in [-0.2, 0) is 0 Å². The van der Waals surface area contributed by atoms with Gasteiger partial charge in [0, 0.05) is 30.1 Å². The maximum atomic E-state index is 5.87. The van der Waals surface area contributed by atoms with Gasteiger partial charge in [-0.15, -0.1) is 0 Å². The number of nitrogens with two attached hydrogens (primary N) is 1. The molecule has 1 aromatic carbocycles. The average molecular weight is 234 g/mol. The molecule has 17 heavy (non-hydrogen) atoms. The van der Waals surface area contributed by atoms with Crippen molar-refractivity contribution in [2.45, 2.75) is 39.2 Å². The number of hydrogen-bond acceptors (Lipinski definition) is 3. The minimum absolute atomic E-state index is 0.177. The maximum absolute atomic E-state index is 5.87. The van der Waals surface area contributed by atoms with Gasteiger partial charge >= 0.3 is 0 Å². The number of anilines is 2. The first-order valence-corrected chi connectivity index (χ1v) is 6.44. The van der Waals surface area contributed by atoms with Gasteiger partial charge in [-0.05, 0) is 38.7 Å². The van der Waals surface area contributed by atoms with E-state index in [2.05, 4.69) is 5.32 Å². The SMILES string of the molecule is CC(C)Oc1cc(N)cc(NCC2CCC2)c1. The largest absolute Gasteiger partial charge is 0.491 e. The quantitative estimate of drug-likeness (QED) is 0.769. The van der Waals surface area contributed by atoms with Crippen LogP contribution in [-0.4, -0.2) is 12.6 Å². The standard InChI is InChI=1S/C14H22N2O/c1-10(2)17-14-7-12(15)6-13(8-14)16-9-11-4-3-5-11/h6-8,10-11,16H,3-5,9,15H2,1-2H3. The fourth-order valence-corrected chi connectivity index (χ4v) is 2.02. The molecule has 0 heterocycles. The lowest BCUT2D eigenvalue weighted by atomic mass is 9.85. The molecule has 1 aliphatic carbocycles. The van der Waals surface area contributed by atoms with Crippen molar-refractivity contribution in [2.24, 2.45) is 5.92 Å². The zero-order valence-corrected chi connectivity index (χ0v) is 10.7. The van der Waals surface area contributed by atoms with E-state index in [0.717, 1.165) is 29.6 Å². The van der Waals surface area contributed by atoms with Crippen molar-refractivity contribution < 1.29 is 4.74 Å². The summed E-state index contributed by atoms with van der Waals surface area (Å²) in [4.78, 5) is 0. The van der Waals surface area contributed by atoms with Gasteiger partial charge in [-0.1, -0.05) is 6.42 Å². The maximum Gasteiger partial charge on any atom is 0.123 e.